The first-order valence-corrected chi connectivity index (χ1v) is 8.54. The molecule has 1 aromatic carbocycles. The average molecular weight is 319 g/mol. The normalized spacial score (nSPS) is 22.5. The van der Waals surface area contributed by atoms with Gasteiger partial charge in [0.15, 0.2) is 6.10 Å². The van der Waals surface area contributed by atoms with Crippen molar-refractivity contribution in [2.75, 3.05) is 19.8 Å². The lowest BCUT2D eigenvalue weighted by atomic mass is 9.98. The monoisotopic (exact) mass is 319 g/mol. The largest absolute Gasteiger partial charge is 0.490 e. The summed E-state index contributed by atoms with van der Waals surface area (Å²) in [4.78, 5) is 12.0. The summed E-state index contributed by atoms with van der Waals surface area (Å²) in [6, 6.07) is 7.96. The molecule has 1 saturated heterocycles. The first-order chi connectivity index (χ1) is 11.3. The first kappa shape index (κ1) is 16.3. The molecule has 1 unspecified atom stereocenters. The second-order valence-corrected chi connectivity index (χ2v) is 6.17. The Balaban J connectivity index is 1.44. The Morgan fingerprint density at radius 3 is 2.61 bits per heavy atom. The molecule has 1 aliphatic heterocycles. The Kier molecular flexibility index (Phi) is 5.88. The Morgan fingerprint density at radius 2 is 1.91 bits per heavy atom. The minimum atomic E-state index is -0.488. The maximum absolute atomic E-state index is 12.0. The summed E-state index contributed by atoms with van der Waals surface area (Å²) >= 11 is 0. The summed E-state index contributed by atoms with van der Waals surface area (Å²) in [5.41, 5.74) is 1.05. The number of amides is 1. The van der Waals surface area contributed by atoms with Crippen molar-refractivity contribution >= 4 is 5.91 Å². The van der Waals surface area contributed by atoms with Crippen LogP contribution in [0.5, 0.6) is 5.75 Å². The van der Waals surface area contributed by atoms with E-state index in [0.29, 0.717) is 32.5 Å². The maximum Gasteiger partial charge on any atom is 0.251 e. The van der Waals surface area contributed by atoms with Crippen LogP contribution >= 0.6 is 0 Å². The van der Waals surface area contributed by atoms with E-state index in [-0.39, 0.29) is 5.91 Å². The van der Waals surface area contributed by atoms with Gasteiger partial charge in [0, 0.05) is 6.54 Å². The van der Waals surface area contributed by atoms with Crippen LogP contribution in [0.1, 0.15) is 37.7 Å². The van der Waals surface area contributed by atoms with Crippen molar-refractivity contribution in [3.8, 4) is 5.75 Å². The van der Waals surface area contributed by atoms with E-state index in [4.69, 9.17) is 14.2 Å². The maximum atomic E-state index is 12.0. The van der Waals surface area contributed by atoms with Gasteiger partial charge >= 0.3 is 0 Å². The molecule has 126 valence electrons. The van der Waals surface area contributed by atoms with E-state index in [9.17, 15) is 4.79 Å². The highest BCUT2D eigenvalue weighted by Gasteiger charge is 2.22. The Morgan fingerprint density at radius 1 is 1.13 bits per heavy atom. The number of benzene rings is 1. The van der Waals surface area contributed by atoms with Gasteiger partial charge in [-0.25, -0.2) is 0 Å². The van der Waals surface area contributed by atoms with Crippen molar-refractivity contribution in [3.63, 3.8) is 0 Å². The standard InChI is InChI=1S/C18H25NO4/c20-18(17-13-21-10-11-22-17)19-12-14-6-8-16(9-7-14)23-15-4-2-1-3-5-15/h6-9,15,17H,1-5,10-13H2,(H,19,20). The summed E-state index contributed by atoms with van der Waals surface area (Å²) in [5, 5.41) is 2.88. The van der Waals surface area contributed by atoms with Gasteiger partial charge in [0.2, 0.25) is 0 Å². The highest BCUT2D eigenvalue weighted by molar-refractivity contribution is 5.80. The predicted molar refractivity (Wildman–Crippen MR) is 86.3 cm³/mol. The van der Waals surface area contributed by atoms with E-state index in [2.05, 4.69) is 5.32 Å². The van der Waals surface area contributed by atoms with Gasteiger partial charge in [-0.3, -0.25) is 4.79 Å². The molecule has 0 bridgehead atoms. The van der Waals surface area contributed by atoms with Gasteiger partial charge in [0.05, 0.1) is 25.9 Å². The molecule has 3 rings (SSSR count). The molecule has 0 aromatic heterocycles. The number of ether oxygens (including phenoxy) is 3. The number of carbonyl (C=O) groups excluding carboxylic acids is 1. The molecule has 0 spiro atoms. The topological polar surface area (TPSA) is 56.8 Å². The molecular weight excluding hydrogens is 294 g/mol. The number of carbonyl (C=O) groups is 1. The van der Waals surface area contributed by atoms with Crippen LogP contribution in [0.25, 0.3) is 0 Å². The zero-order valence-corrected chi connectivity index (χ0v) is 13.5. The molecule has 1 atom stereocenters. The summed E-state index contributed by atoms with van der Waals surface area (Å²) in [6.45, 7) is 1.86. The smallest absolute Gasteiger partial charge is 0.251 e. The third kappa shape index (κ3) is 4.94. The highest BCUT2D eigenvalue weighted by Crippen LogP contribution is 2.23. The minimum Gasteiger partial charge on any atom is -0.490 e. The van der Waals surface area contributed by atoms with Crippen LogP contribution in [-0.2, 0) is 20.8 Å². The van der Waals surface area contributed by atoms with Gasteiger partial charge in [-0.15, -0.1) is 0 Å². The second-order valence-electron chi connectivity index (χ2n) is 6.17. The van der Waals surface area contributed by atoms with Crippen LogP contribution in [0.3, 0.4) is 0 Å². The van der Waals surface area contributed by atoms with Crippen LogP contribution in [-0.4, -0.2) is 37.9 Å². The molecule has 23 heavy (non-hydrogen) atoms. The van der Waals surface area contributed by atoms with Crippen LogP contribution in [0.4, 0.5) is 0 Å². The fourth-order valence-corrected chi connectivity index (χ4v) is 3.00. The predicted octanol–water partition coefficient (Wildman–Crippen LogP) is 2.43. The van der Waals surface area contributed by atoms with Crippen LogP contribution < -0.4 is 10.1 Å². The summed E-state index contributed by atoms with van der Waals surface area (Å²) in [5.74, 6) is 0.795. The Labute approximate surface area is 137 Å². The molecule has 2 fully saturated rings. The molecule has 5 heteroatoms. The summed E-state index contributed by atoms with van der Waals surface area (Å²) < 4.78 is 16.6. The van der Waals surface area contributed by atoms with E-state index in [1.807, 2.05) is 24.3 Å². The van der Waals surface area contributed by atoms with E-state index < -0.39 is 6.10 Å². The molecule has 1 amide bonds. The molecule has 5 nitrogen and oxygen atoms in total. The van der Waals surface area contributed by atoms with Gasteiger partial charge in [-0.05, 0) is 43.4 Å². The van der Waals surface area contributed by atoms with Crippen LogP contribution in [0, 0.1) is 0 Å². The van der Waals surface area contributed by atoms with Crippen molar-refractivity contribution in [3.05, 3.63) is 29.8 Å². The van der Waals surface area contributed by atoms with Gasteiger partial charge in [0.25, 0.3) is 5.91 Å². The Bertz CT molecular complexity index is 490. The average Bonchev–Trinajstić information content (AvgIpc) is 2.62. The van der Waals surface area contributed by atoms with Crippen molar-refractivity contribution < 1.29 is 19.0 Å². The molecule has 1 N–H and O–H groups in total. The number of hydrogen-bond donors (Lipinski definition) is 1. The lowest BCUT2D eigenvalue weighted by Crippen LogP contribution is -2.42. The van der Waals surface area contributed by atoms with Gasteiger partial charge in [-0.1, -0.05) is 18.6 Å². The first-order valence-electron chi connectivity index (χ1n) is 8.54. The third-order valence-corrected chi connectivity index (χ3v) is 4.35. The molecule has 0 radical (unpaired) electrons. The van der Waals surface area contributed by atoms with Crippen LogP contribution in [0.2, 0.25) is 0 Å². The van der Waals surface area contributed by atoms with Crippen molar-refractivity contribution in [1.29, 1.82) is 0 Å². The second kappa shape index (κ2) is 8.31. The number of hydrogen-bond acceptors (Lipinski definition) is 4. The van der Waals surface area contributed by atoms with E-state index in [1.165, 1.54) is 19.3 Å². The molecule has 2 aliphatic rings. The minimum absolute atomic E-state index is 0.118. The van der Waals surface area contributed by atoms with Crippen LogP contribution in [0.15, 0.2) is 24.3 Å². The molecule has 1 aromatic rings. The number of nitrogens with one attached hydrogen (secondary N) is 1. The molecular formula is C18H25NO4. The van der Waals surface area contributed by atoms with Crippen molar-refractivity contribution in [2.45, 2.75) is 50.9 Å². The van der Waals surface area contributed by atoms with E-state index in [1.54, 1.807) is 0 Å². The van der Waals surface area contributed by atoms with E-state index >= 15 is 0 Å². The quantitative estimate of drug-likeness (QED) is 0.905. The molecule has 1 heterocycles. The number of rotatable bonds is 5. The van der Waals surface area contributed by atoms with E-state index in [0.717, 1.165) is 24.2 Å². The lowest BCUT2D eigenvalue weighted by molar-refractivity contribution is -0.147. The zero-order chi connectivity index (χ0) is 15.9. The van der Waals surface area contributed by atoms with Gasteiger partial charge in [-0.2, -0.15) is 0 Å². The van der Waals surface area contributed by atoms with Gasteiger partial charge < -0.3 is 19.5 Å². The highest BCUT2D eigenvalue weighted by atomic mass is 16.6. The summed E-state index contributed by atoms with van der Waals surface area (Å²) in [7, 11) is 0. The zero-order valence-electron chi connectivity index (χ0n) is 13.5. The fourth-order valence-electron chi connectivity index (χ4n) is 3.00. The molecule has 1 saturated carbocycles. The van der Waals surface area contributed by atoms with Crippen molar-refractivity contribution in [1.82, 2.24) is 5.32 Å². The SMILES string of the molecule is O=C(NCc1ccc(OC2CCCCC2)cc1)C1COCCO1. The molecule has 1 aliphatic carbocycles. The lowest BCUT2D eigenvalue weighted by Gasteiger charge is -2.23. The Hall–Kier alpha value is -1.59. The van der Waals surface area contributed by atoms with Gasteiger partial charge in [0.1, 0.15) is 5.75 Å². The van der Waals surface area contributed by atoms with Crippen molar-refractivity contribution in [2.24, 2.45) is 0 Å². The summed E-state index contributed by atoms with van der Waals surface area (Å²) in [6.07, 6.45) is 6.04. The third-order valence-electron chi connectivity index (χ3n) is 4.35. The fraction of sp³-hybridized carbons (Fsp3) is 0.611.